The van der Waals surface area contributed by atoms with Crippen molar-refractivity contribution in [1.29, 1.82) is 0 Å². The second kappa shape index (κ2) is 3.12. The van der Waals surface area contributed by atoms with Gasteiger partial charge in [-0.05, 0) is 6.07 Å². The van der Waals surface area contributed by atoms with E-state index in [0.717, 1.165) is 11.1 Å². The minimum atomic E-state index is -0.383. The predicted molar refractivity (Wildman–Crippen MR) is 47.9 cm³/mol. The average molecular weight is 178 g/mol. The zero-order valence-corrected chi connectivity index (χ0v) is 6.94. The molecule has 0 fully saturated rings. The molecule has 0 saturated heterocycles. The number of nitrogens with one attached hydrogen (secondary N) is 1. The Morgan fingerprint density at radius 1 is 1.54 bits per heavy atom. The van der Waals surface area contributed by atoms with Gasteiger partial charge in [0.2, 0.25) is 0 Å². The van der Waals surface area contributed by atoms with E-state index < -0.39 is 0 Å². The van der Waals surface area contributed by atoms with Gasteiger partial charge in [0.15, 0.2) is 5.65 Å². The van der Waals surface area contributed by atoms with Crippen LogP contribution < -0.4 is 5.73 Å². The lowest BCUT2D eigenvalue weighted by atomic mass is 10.1. The lowest BCUT2D eigenvalue weighted by Gasteiger charge is -2.07. The van der Waals surface area contributed by atoms with Gasteiger partial charge in [0, 0.05) is 11.8 Å². The Kier molecular flexibility index (Phi) is 1.96. The zero-order chi connectivity index (χ0) is 9.26. The highest BCUT2D eigenvalue weighted by atomic mass is 16.3. The van der Waals surface area contributed by atoms with E-state index in [9.17, 15) is 0 Å². The van der Waals surface area contributed by atoms with Crippen LogP contribution in [0.3, 0.4) is 0 Å². The molecule has 0 aliphatic rings. The minimum absolute atomic E-state index is 0.0852. The largest absolute Gasteiger partial charge is 0.394 e. The van der Waals surface area contributed by atoms with Gasteiger partial charge in [0.1, 0.15) is 0 Å². The fourth-order valence-electron chi connectivity index (χ4n) is 1.28. The van der Waals surface area contributed by atoms with Crippen molar-refractivity contribution in [2.45, 2.75) is 6.04 Å². The van der Waals surface area contributed by atoms with Crippen molar-refractivity contribution in [3.8, 4) is 0 Å². The van der Waals surface area contributed by atoms with Crippen LogP contribution in [0.4, 0.5) is 0 Å². The normalized spacial score (nSPS) is 13.4. The monoisotopic (exact) mass is 178 g/mol. The molecule has 0 amide bonds. The predicted octanol–water partition coefficient (Wildman–Crippen LogP) is -0.0500. The van der Waals surface area contributed by atoms with Crippen LogP contribution in [0.25, 0.3) is 11.2 Å². The first kappa shape index (κ1) is 8.15. The van der Waals surface area contributed by atoms with Gasteiger partial charge in [-0.2, -0.15) is 0 Å². The molecule has 0 radical (unpaired) electrons. The SMILES string of the molecule is NC(CO)c1ccnc2nc[nH]c12. The van der Waals surface area contributed by atoms with Gasteiger partial charge in [-0.1, -0.05) is 0 Å². The number of H-pyrrole nitrogens is 1. The Hall–Kier alpha value is -1.46. The second-order valence-corrected chi connectivity index (χ2v) is 2.79. The number of nitrogens with two attached hydrogens (primary N) is 1. The Balaban J connectivity index is 2.60. The molecule has 0 aliphatic heterocycles. The zero-order valence-electron chi connectivity index (χ0n) is 6.94. The molecule has 68 valence electrons. The molecule has 0 aromatic carbocycles. The van der Waals surface area contributed by atoms with Crippen molar-refractivity contribution in [3.63, 3.8) is 0 Å². The highest BCUT2D eigenvalue weighted by Crippen LogP contribution is 2.17. The highest BCUT2D eigenvalue weighted by Gasteiger charge is 2.10. The van der Waals surface area contributed by atoms with Crippen LogP contribution >= 0.6 is 0 Å². The number of pyridine rings is 1. The van der Waals surface area contributed by atoms with Gasteiger partial charge < -0.3 is 15.8 Å². The van der Waals surface area contributed by atoms with E-state index in [-0.39, 0.29) is 12.6 Å². The van der Waals surface area contributed by atoms with Crippen LogP contribution in [0.2, 0.25) is 0 Å². The molecule has 1 unspecified atom stereocenters. The van der Waals surface area contributed by atoms with Crippen LogP contribution in [-0.2, 0) is 0 Å². The third-order valence-electron chi connectivity index (χ3n) is 1.96. The van der Waals surface area contributed by atoms with Crippen molar-refractivity contribution in [1.82, 2.24) is 15.0 Å². The van der Waals surface area contributed by atoms with Crippen molar-refractivity contribution < 1.29 is 5.11 Å². The van der Waals surface area contributed by atoms with Gasteiger partial charge >= 0.3 is 0 Å². The summed E-state index contributed by atoms with van der Waals surface area (Å²) in [5.41, 5.74) is 7.95. The smallest absolute Gasteiger partial charge is 0.177 e. The van der Waals surface area contributed by atoms with Gasteiger partial charge in [0.05, 0.1) is 24.5 Å². The molecular weight excluding hydrogens is 168 g/mol. The Morgan fingerprint density at radius 3 is 3.15 bits per heavy atom. The van der Waals surface area contributed by atoms with E-state index in [1.165, 1.54) is 0 Å². The third kappa shape index (κ3) is 1.28. The number of nitrogens with zero attached hydrogens (tertiary/aromatic N) is 2. The molecule has 13 heavy (non-hydrogen) atoms. The number of hydrogen-bond acceptors (Lipinski definition) is 4. The quantitative estimate of drug-likeness (QED) is 0.601. The number of aliphatic hydroxyl groups is 1. The molecule has 0 bridgehead atoms. The van der Waals surface area contributed by atoms with Crippen molar-refractivity contribution in [3.05, 3.63) is 24.2 Å². The molecule has 0 saturated carbocycles. The van der Waals surface area contributed by atoms with Crippen molar-refractivity contribution in [2.75, 3.05) is 6.61 Å². The first-order valence-electron chi connectivity index (χ1n) is 3.97. The molecule has 2 aromatic heterocycles. The number of imidazole rings is 1. The standard InChI is InChI=1S/C8H10N4O/c9-6(3-13)5-1-2-10-8-7(5)11-4-12-8/h1-2,4,6,13H,3,9H2,(H,10,11,12). The van der Waals surface area contributed by atoms with Gasteiger partial charge in [-0.3, -0.25) is 0 Å². The van der Waals surface area contributed by atoms with E-state index in [1.54, 1.807) is 18.6 Å². The maximum absolute atomic E-state index is 8.91. The third-order valence-corrected chi connectivity index (χ3v) is 1.96. The fourth-order valence-corrected chi connectivity index (χ4v) is 1.28. The lowest BCUT2D eigenvalue weighted by Crippen LogP contribution is -2.14. The van der Waals surface area contributed by atoms with Crippen LogP contribution in [-0.4, -0.2) is 26.7 Å². The first-order chi connectivity index (χ1) is 6.33. The molecule has 2 rings (SSSR count). The summed E-state index contributed by atoms with van der Waals surface area (Å²) in [6.45, 7) is -0.0852. The highest BCUT2D eigenvalue weighted by molar-refractivity contribution is 5.74. The van der Waals surface area contributed by atoms with Crippen LogP contribution in [0.1, 0.15) is 11.6 Å². The summed E-state index contributed by atoms with van der Waals surface area (Å²) in [6.07, 6.45) is 3.19. The number of hydrogen-bond donors (Lipinski definition) is 3. The fraction of sp³-hybridized carbons (Fsp3) is 0.250. The Morgan fingerprint density at radius 2 is 2.38 bits per heavy atom. The summed E-state index contributed by atoms with van der Waals surface area (Å²) in [5, 5.41) is 8.91. The van der Waals surface area contributed by atoms with E-state index in [1.807, 2.05) is 0 Å². The molecule has 5 heteroatoms. The first-order valence-corrected chi connectivity index (χ1v) is 3.97. The van der Waals surface area contributed by atoms with Crippen LogP contribution in [0.15, 0.2) is 18.6 Å². The molecule has 5 nitrogen and oxygen atoms in total. The van der Waals surface area contributed by atoms with Gasteiger partial charge in [-0.25, -0.2) is 9.97 Å². The topological polar surface area (TPSA) is 87.8 Å². The van der Waals surface area contributed by atoms with Gasteiger partial charge in [0.25, 0.3) is 0 Å². The summed E-state index contributed by atoms with van der Waals surface area (Å²) < 4.78 is 0. The molecule has 4 N–H and O–H groups in total. The van der Waals surface area contributed by atoms with E-state index in [0.29, 0.717) is 5.65 Å². The summed E-state index contributed by atoms with van der Waals surface area (Å²) in [7, 11) is 0. The van der Waals surface area contributed by atoms with Crippen molar-refractivity contribution >= 4 is 11.2 Å². The summed E-state index contributed by atoms with van der Waals surface area (Å²) in [6, 6.07) is 1.40. The number of aliphatic hydroxyl groups excluding tert-OH is 1. The summed E-state index contributed by atoms with van der Waals surface area (Å²) in [5.74, 6) is 0. The average Bonchev–Trinajstić information content (AvgIpc) is 2.63. The molecule has 1 atom stereocenters. The minimum Gasteiger partial charge on any atom is -0.394 e. The molecular formula is C8H10N4O. The molecule has 0 aliphatic carbocycles. The molecule has 2 heterocycles. The van der Waals surface area contributed by atoms with Gasteiger partial charge in [-0.15, -0.1) is 0 Å². The molecule has 0 spiro atoms. The molecule has 2 aromatic rings. The maximum atomic E-state index is 8.91. The Labute approximate surface area is 74.6 Å². The van der Waals surface area contributed by atoms with Crippen molar-refractivity contribution in [2.24, 2.45) is 5.73 Å². The number of aromatic amines is 1. The second-order valence-electron chi connectivity index (χ2n) is 2.79. The number of aromatic nitrogens is 3. The van der Waals surface area contributed by atoms with E-state index >= 15 is 0 Å². The summed E-state index contributed by atoms with van der Waals surface area (Å²) in [4.78, 5) is 11.0. The van der Waals surface area contributed by atoms with E-state index in [4.69, 9.17) is 10.8 Å². The maximum Gasteiger partial charge on any atom is 0.177 e. The number of rotatable bonds is 2. The summed E-state index contributed by atoms with van der Waals surface area (Å²) >= 11 is 0. The van der Waals surface area contributed by atoms with E-state index in [2.05, 4.69) is 15.0 Å². The van der Waals surface area contributed by atoms with Crippen LogP contribution in [0, 0.1) is 0 Å². The lowest BCUT2D eigenvalue weighted by molar-refractivity contribution is 0.268. The van der Waals surface area contributed by atoms with Crippen LogP contribution in [0.5, 0.6) is 0 Å². The number of fused-ring (bicyclic) bond motifs is 1. The Bertz CT molecular complexity index is 411.